The molecule has 3 nitrogen and oxygen atoms in total. The molecular formula is C19H18FN3S. The zero-order chi connectivity index (χ0) is 16.9. The molecule has 1 N–H and O–H groups in total. The number of aryl methyl sites for hydroxylation is 2. The van der Waals surface area contributed by atoms with Gasteiger partial charge in [-0.1, -0.05) is 41.6 Å². The summed E-state index contributed by atoms with van der Waals surface area (Å²) in [6.07, 6.45) is 1.71. The van der Waals surface area contributed by atoms with Crippen LogP contribution in [0.4, 0.5) is 10.3 Å². The van der Waals surface area contributed by atoms with E-state index in [9.17, 15) is 4.39 Å². The third-order valence-corrected chi connectivity index (χ3v) is 4.59. The smallest absolute Gasteiger partial charge is 0.223 e. The van der Waals surface area contributed by atoms with Gasteiger partial charge in [0, 0.05) is 23.2 Å². The average molecular weight is 339 g/mol. The number of halogens is 1. The summed E-state index contributed by atoms with van der Waals surface area (Å²) in [5.41, 5.74) is 2.77. The van der Waals surface area contributed by atoms with Crippen molar-refractivity contribution in [2.45, 2.75) is 30.3 Å². The van der Waals surface area contributed by atoms with Gasteiger partial charge in [0.05, 0.1) is 0 Å². The predicted molar refractivity (Wildman–Crippen MR) is 95.8 cm³/mol. The van der Waals surface area contributed by atoms with E-state index in [4.69, 9.17) is 0 Å². The summed E-state index contributed by atoms with van der Waals surface area (Å²) in [5.74, 6) is 0.280. The second-order valence-corrected chi connectivity index (χ2v) is 6.62. The fourth-order valence-electron chi connectivity index (χ4n) is 2.27. The van der Waals surface area contributed by atoms with Gasteiger partial charge in [0.25, 0.3) is 0 Å². The molecule has 3 rings (SSSR count). The van der Waals surface area contributed by atoms with Crippen molar-refractivity contribution < 1.29 is 4.39 Å². The van der Waals surface area contributed by atoms with Crippen molar-refractivity contribution in [3.05, 3.63) is 77.2 Å². The molecule has 0 atom stereocenters. The molecule has 5 heteroatoms. The van der Waals surface area contributed by atoms with Crippen LogP contribution in [0.15, 0.2) is 64.6 Å². The highest BCUT2D eigenvalue weighted by Crippen LogP contribution is 2.26. The number of nitrogens with zero attached hydrogens (tertiary/aromatic N) is 2. The summed E-state index contributed by atoms with van der Waals surface area (Å²) in [5, 5.41) is 3.95. The van der Waals surface area contributed by atoms with E-state index in [2.05, 4.69) is 46.5 Å². The number of aromatic nitrogens is 2. The zero-order valence-electron chi connectivity index (χ0n) is 13.6. The van der Waals surface area contributed by atoms with E-state index in [-0.39, 0.29) is 5.82 Å². The second kappa shape index (κ2) is 7.45. The first-order valence-electron chi connectivity index (χ1n) is 7.67. The first-order chi connectivity index (χ1) is 11.6. The minimum Gasteiger partial charge on any atom is -0.350 e. The highest BCUT2D eigenvalue weighted by atomic mass is 32.2. The number of anilines is 1. The SMILES string of the molecule is Cc1ccc(Sc2ccnc(NCc3c(C)cccc3F)n2)cc1. The van der Waals surface area contributed by atoms with E-state index >= 15 is 0 Å². The number of nitrogens with one attached hydrogen (secondary N) is 1. The highest BCUT2D eigenvalue weighted by molar-refractivity contribution is 7.99. The van der Waals surface area contributed by atoms with Crippen molar-refractivity contribution in [1.29, 1.82) is 0 Å². The molecule has 2 aromatic carbocycles. The minimum absolute atomic E-state index is 0.215. The molecule has 1 aromatic heterocycles. The Bertz CT molecular complexity index is 814. The quantitative estimate of drug-likeness (QED) is 0.664. The lowest BCUT2D eigenvalue weighted by Gasteiger charge is -2.09. The van der Waals surface area contributed by atoms with Crippen LogP contribution in [0.1, 0.15) is 16.7 Å². The van der Waals surface area contributed by atoms with E-state index in [1.807, 2.05) is 19.1 Å². The zero-order valence-corrected chi connectivity index (χ0v) is 14.4. The van der Waals surface area contributed by atoms with Gasteiger partial charge in [0.2, 0.25) is 5.95 Å². The van der Waals surface area contributed by atoms with Gasteiger partial charge in [0.15, 0.2) is 0 Å². The van der Waals surface area contributed by atoms with Gasteiger partial charge in [-0.2, -0.15) is 0 Å². The second-order valence-electron chi connectivity index (χ2n) is 5.52. The summed E-state index contributed by atoms with van der Waals surface area (Å²) in [4.78, 5) is 9.82. The van der Waals surface area contributed by atoms with Crippen molar-refractivity contribution in [2.24, 2.45) is 0 Å². The normalized spacial score (nSPS) is 10.6. The van der Waals surface area contributed by atoms with E-state index in [0.717, 1.165) is 15.5 Å². The van der Waals surface area contributed by atoms with Gasteiger partial charge in [-0.15, -0.1) is 0 Å². The van der Waals surface area contributed by atoms with Crippen molar-refractivity contribution in [2.75, 3.05) is 5.32 Å². The van der Waals surface area contributed by atoms with Crippen LogP contribution in [0, 0.1) is 19.7 Å². The maximum absolute atomic E-state index is 13.9. The third-order valence-electron chi connectivity index (χ3n) is 3.65. The molecule has 0 fully saturated rings. The van der Waals surface area contributed by atoms with Crippen LogP contribution < -0.4 is 5.32 Å². The number of hydrogen-bond acceptors (Lipinski definition) is 4. The van der Waals surface area contributed by atoms with Gasteiger partial charge in [-0.25, -0.2) is 14.4 Å². The molecule has 122 valence electrons. The summed E-state index contributed by atoms with van der Waals surface area (Å²) in [7, 11) is 0. The summed E-state index contributed by atoms with van der Waals surface area (Å²) in [6, 6.07) is 15.2. The van der Waals surface area contributed by atoms with Crippen LogP contribution in [0.5, 0.6) is 0 Å². The largest absolute Gasteiger partial charge is 0.350 e. The molecular weight excluding hydrogens is 321 g/mol. The Kier molecular flexibility index (Phi) is 5.11. The summed E-state index contributed by atoms with van der Waals surface area (Å²) in [6.45, 7) is 4.31. The summed E-state index contributed by atoms with van der Waals surface area (Å²) >= 11 is 1.57. The van der Waals surface area contributed by atoms with Gasteiger partial charge in [-0.3, -0.25) is 0 Å². The molecule has 0 radical (unpaired) electrons. The number of rotatable bonds is 5. The van der Waals surface area contributed by atoms with Crippen LogP contribution in [0.25, 0.3) is 0 Å². The van der Waals surface area contributed by atoms with E-state index in [1.54, 1.807) is 24.0 Å². The Morgan fingerprint density at radius 3 is 2.58 bits per heavy atom. The van der Waals surface area contributed by atoms with Crippen molar-refractivity contribution in [3.63, 3.8) is 0 Å². The average Bonchev–Trinajstić information content (AvgIpc) is 2.57. The standard InChI is InChI=1S/C19H18FN3S/c1-13-6-8-15(9-7-13)24-18-10-11-21-19(23-18)22-12-16-14(2)4-3-5-17(16)20/h3-11H,12H2,1-2H3,(H,21,22,23). The molecule has 0 saturated carbocycles. The van der Waals surface area contributed by atoms with E-state index in [0.29, 0.717) is 18.1 Å². The fraction of sp³-hybridized carbons (Fsp3) is 0.158. The predicted octanol–water partition coefficient (Wildman–Crippen LogP) is 5.00. The lowest BCUT2D eigenvalue weighted by atomic mass is 10.1. The molecule has 0 aliphatic rings. The number of benzene rings is 2. The van der Waals surface area contributed by atoms with Crippen LogP contribution in [0.3, 0.4) is 0 Å². The Hall–Kier alpha value is -2.40. The maximum Gasteiger partial charge on any atom is 0.223 e. The monoisotopic (exact) mass is 339 g/mol. The Labute approximate surface area is 145 Å². The Morgan fingerprint density at radius 1 is 1.04 bits per heavy atom. The first-order valence-corrected chi connectivity index (χ1v) is 8.49. The topological polar surface area (TPSA) is 37.8 Å². The molecule has 24 heavy (non-hydrogen) atoms. The van der Waals surface area contributed by atoms with Crippen LogP contribution in [0.2, 0.25) is 0 Å². The molecule has 0 aliphatic carbocycles. The molecule has 0 unspecified atom stereocenters. The van der Waals surface area contributed by atoms with Crippen molar-refractivity contribution >= 4 is 17.7 Å². The Morgan fingerprint density at radius 2 is 1.83 bits per heavy atom. The molecule has 0 saturated heterocycles. The van der Waals surface area contributed by atoms with Crippen LogP contribution in [-0.4, -0.2) is 9.97 Å². The molecule has 0 bridgehead atoms. The van der Waals surface area contributed by atoms with Crippen LogP contribution in [-0.2, 0) is 6.54 Å². The Balaban J connectivity index is 1.70. The molecule has 1 heterocycles. The van der Waals surface area contributed by atoms with E-state index < -0.39 is 0 Å². The van der Waals surface area contributed by atoms with Gasteiger partial charge >= 0.3 is 0 Å². The van der Waals surface area contributed by atoms with E-state index in [1.165, 1.54) is 11.6 Å². The highest BCUT2D eigenvalue weighted by Gasteiger charge is 2.07. The minimum atomic E-state index is -0.215. The number of hydrogen-bond donors (Lipinski definition) is 1. The third kappa shape index (κ3) is 4.11. The molecule has 0 aliphatic heterocycles. The molecule has 0 amide bonds. The van der Waals surface area contributed by atoms with Gasteiger partial charge < -0.3 is 5.32 Å². The van der Waals surface area contributed by atoms with Crippen molar-refractivity contribution in [1.82, 2.24) is 9.97 Å². The maximum atomic E-state index is 13.9. The fourth-order valence-corrected chi connectivity index (χ4v) is 3.04. The molecule has 3 aromatic rings. The first kappa shape index (κ1) is 16.5. The van der Waals surface area contributed by atoms with Crippen LogP contribution >= 0.6 is 11.8 Å². The lowest BCUT2D eigenvalue weighted by molar-refractivity contribution is 0.610. The van der Waals surface area contributed by atoms with Gasteiger partial charge in [-0.05, 0) is 43.7 Å². The summed E-state index contributed by atoms with van der Waals surface area (Å²) < 4.78 is 13.9. The molecule has 0 spiro atoms. The van der Waals surface area contributed by atoms with Gasteiger partial charge in [0.1, 0.15) is 10.8 Å². The lowest BCUT2D eigenvalue weighted by Crippen LogP contribution is -2.06. The van der Waals surface area contributed by atoms with Crippen molar-refractivity contribution in [3.8, 4) is 0 Å².